The molecule has 0 aromatic rings. The maximum atomic E-state index is 11.9. The number of carbonyl (C=O) groups is 1. The molecular formula is C10H20N2O2. The smallest absolute Gasteiger partial charge is 0.239 e. The van der Waals surface area contributed by atoms with Gasteiger partial charge in [-0.3, -0.25) is 4.79 Å². The number of nitrogens with zero attached hydrogens (tertiary/aromatic N) is 1. The van der Waals surface area contributed by atoms with E-state index >= 15 is 0 Å². The van der Waals surface area contributed by atoms with Crippen molar-refractivity contribution in [3.05, 3.63) is 0 Å². The zero-order valence-electron chi connectivity index (χ0n) is 9.25. The van der Waals surface area contributed by atoms with E-state index in [2.05, 4.69) is 5.32 Å². The summed E-state index contributed by atoms with van der Waals surface area (Å²) in [5, 5.41) is 3.20. The van der Waals surface area contributed by atoms with Gasteiger partial charge in [0.25, 0.3) is 0 Å². The summed E-state index contributed by atoms with van der Waals surface area (Å²) in [5.74, 6) is 0.187. The molecule has 1 rings (SSSR count). The first kappa shape index (κ1) is 11.5. The van der Waals surface area contributed by atoms with Gasteiger partial charge in [-0.2, -0.15) is 0 Å². The minimum Gasteiger partial charge on any atom is -0.383 e. The molecule has 0 bridgehead atoms. The number of ether oxygens (including phenoxy) is 1. The summed E-state index contributed by atoms with van der Waals surface area (Å²) in [6, 6.07) is 0.175. The van der Waals surface area contributed by atoms with Gasteiger partial charge < -0.3 is 15.0 Å². The van der Waals surface area contributed by atoms with Crippen molar-refractivity contribution in [1.29, 1.82) is 0 Å². The monoisotopic (exact) mass is 200 g/mol. The van der Waals surface area contributed by atoms with E-state index in [0.717, 1.165) is 19.4 Å². The molecule has 0 saturated carbocycles. The highest BCUT2D eigenvalue weighted by Crippen LogP contribution is 2.09. The molecular weight excluding hydrogens is 180 g/mol. The Bertz CT molecular complexity index is 191. The lowest BCUT2D eigenvalue weighted by Crippen LogP contribution is -2.46. The quantitative estimate of drug-likeness (QED) is 0.706. The highest BCUT2D eigenvalue weighted by molar-refractivity contribution is 5.82. The molecule has 1 amide bonds. The van der Waals surface area contributed by atoms with Crippen LogP contribution in [0.25, 0.3) is 0 Å². The topological polar surface area (TPSA) is 41.6 Å². The van der Waals surface area contributed by atoms with Crippen LogP contribution in [0.15, 0.2) is 0 Å². The third-order valence-corrected chi connectivity index (χ3v) is 2.78. The van der Waals surface area contributed by atoms with E-state index in [0.29, 0.717) is 6.61 Å². The molecule has 2 atom stereocenters. The summed E-state index contributed by atoms with van der Waals surface area (Å²) in [6.45, 7) is 3.55. The van der Waals surface area contributed by atoms with Crippen LogP contribution in [0.5, 0.6) is 0 Å². The predicted molar refractivity (Wildman–Crippen MR) is 55.1 cm³/mol. The predicted octanol–water partition coefficient (Wildman–Crippen LogP) is 0.232. The van der Waals surface area contributed by atoms with E-state index in [-0.39, 0.29) is 18.0 Å². The molecule has 0 aromatic heterocycles. The number of hydrogen-bond donors (Lipinski definition) is 1. The highest BCUT2D eigenvalue weighted by Gasteiger charge is 2.26. The summed E-state index contributed by atoms with van der Waals surface area (Å²) in [7, 11) is 3.49. The lowest BCUT2D eigenvalue weighted by molar-refractivity contribution is -0.134. The van der Waals surface area contributed by atoms with Crippen LogP contribution in [-0.2, 0) is 9.53 Å². The fourth-order valence-corrected chi connectivity index (χ4v) is 1.71. The fraction of sp³-hybridized carbons (Fsp3) is 0.900. The average Bonchev–Trinajstić information content (AvgIpc) is 2.68. The molecule has 4 nitrogen and oxygen atoms in total. The Balaban J connectivity index is 2.42. The van der Waals surface area contributed by atoms with E-state index in [4.69, 9.17) is 4.74 Å². The molecule has 14 heavy (non-hydrogen) atoms. The van der Waals surface area contributed by atoms with E-state index in [1.165, 1.54) is 0 Å². The number of rotatable bonds is 4. The third-order valence-electron chi connectivity index (χ3n) is 2.78. The largest absolute Gasteiger partial charge is 0.383 e. The van der Waals surface area contributed by atoms with Crippen LogP contribution in [0.2, 0.25) is 0 Å². The standard InChI is InChI=1S/C10H20N2O2/c1-8(7-14-3)12(2)10(13)9-5-4-6-11-9/h8-9,11H,4-7H2,1-3H3/t8?,9-/m0/s1. The second kappa shape index (κ2) is 5.32. The summed E-state index contributed by atoms with van der Waals surface area (Å²) >= 11 is 0. The van der Waals surface area contributed by atoms with E-state index in [1.807, 2.05) is 14.0 Å². The van der Waals surface area contributed by atoms with Crippen LogP contribution in [0, 0.1) is 0 Å². The molecule has 1 N–H and O–H groups in total. The Hall–Kier alpha value is -0.610. The van der Waals surface area contributed by atoms with Crippen LogP contribution in [0.3, 0.4) is 0 Å². The van der Waals surface area contributed by atoms with Crippen LogP contribution in [-0.4, -0.2) is 50.2 Å². The fourth-order valence-electron chi connectivity index (χ4n) is 1.71. The molecule has 1 heterocycles. The number of likely N-dealkylation sites (N-methyl/N-ethyl adjacent to an activating group) is 1. The van der Waals surface area contributed by atoms with Crippen molar-refractivity contribution in [2.24, 2.45) is 0 Å². The average molecular weight is 200 g/mol. The molecule has 1 fully saturated rings. The molecule has 1 unspecified atom stereocenters. The zero-order valence-corrected chi connectivity index (χ0v) is 9.25. The van der Waals surface area contributed by atoms with Crippen molar-refractivity contribution < 1.29 is 9.53 Å². The first-order chi connectivity index (χ1) is 6.66. The van der Waals surface area contributed by atoms with Crippen molar-refractivity contribution in [3.63, 3.8) is 0 Å². The van der Waals surface area contributed by atoms with E-state index < -0.39 is 0 Å². The van der Waals surface area contributed by atoms with E-state index in [9.17, 15) is 4.79 Å². The van der Waals surface area contributed by atoms with E-state index in [1.54, 1.807) is 12.0 Å². The minimum absolute atomic E-state index is 0.0271. The van der Waals surface area contributed by atoms with Crippen LogP contribution >= 0.6 is 0 Å². The highest BCUT2D eigenvalue weighted by atomic mass is 16.5. The molecule has 0 radical (unpaired) electrons. The summed E-state index contributed by atoms with van der Waals surface area (Å²) in [5.41, 5.74) is 0. The Morgan fingerprint density at radius 2 is 2.43 bits per heavy atom. The first-order valence-corrected chi connectivity index (χ1v) is 5.15. The lowest BCUT2D eigenvalue weighted by Gasteiger charge is -2.27. The van der Waals surface area contributed by atoms with Crippen LogP contribution < -0.4 is 5.32 Å². The normalized spacial score (nSPS) is 23.5. The molecule has 1 aliphatic rings. The number of methoxy groups -OCH3 is 1. The number of hydrogen-bond acceptors (Lipinski definition) is 3. The molecule has 1 aliphatic heterocycles. The summed E-state index contributed by atoms with van der Waals surface area (Å²) in [4.78, 5) is 13.6. The molecule has 0 spiro atoms. The SMILES string of the molecule is COCC(C)N(C)C(=O)[C@@H]1CCCN1. The Morgan fingerprint density at radius 1 is 1.71 bits per heavy atom. The van der Waals surface area contributed by atoms with Gasteiger partial charge in [-0.25, -0.2) is 0 Å². The summed E-state index contributed by atoms with van der Waals surface area (Å²) in [6.07, 6.45) is 2.06. The molecule has 4 heteroatoms. The molecule has 1 saturated heterocycles. The summed E-state index contributed by atoms with van der Waals surface area (Å²) < 4.78 is 5.02. The van der Waals surface area contributed by atoms with Crippen molar-refractivity contribution >= 4 is 5.91 Å². The second-order valence-electron chi connectivity index (χ2n) is 3.90. The van der Waals surface area contributed by atoms with Gasteiger partial charge in [-0.1, -0.05) is 0 Å². The van der Waals surface area contributed by atoms with Gasteiger partial charge in [0.1, 0.15) is 0 Å². The van der Waals surface area contributed by atoms with Crippen LogP contribution in [0.1, 0.15) is 19.8 Å². The van der Waals surface area contributed by atoms with Gasteiger partial charge in [0, 0.05) is 14.2 Å². The van der Waals surface area contributed by atoms with Gasteiger partial charge in [0.05, 0.1) is 18.7 Å². The van der Waals surface area contributed by atoms with Crippen molar-refractivity contribution in [2.45, 2.75) is 31.8 Å². The van der Waals surface area contributed by atoms with Crippen LogP contribution in [0.4, 0.5) is 0 Å². The number of nitrogens with one attached hydrogen (secondary N) is 1. The molecule has 0 aromatic carbocycles. The third kappa shape index (κ3) is 2.69. The first-order valence-electron chi connectivity index (χ1n) is 5.15. The van der Waals surface area contributed by atoms with Crippen molar-refractivity contribution in [3.8, 4) is 0 Å². The zero-order chi connectivity index (χ0) is 10.6. The van der Waals surface area contributed by atoms with Gasteiger partial charge in [-0.15, -0.1) is 0 Å². The molecule has 0 aliphatic carbocycles. The van der Waals surface area contributed by atoms with Crippen molar-refractivity contribution in [2.75, 3.05) is 27.3 Å². The molecule has 82 valence electrons. The van der Waals surface area contributed by atoms with Gasteiger partial charge in [0.2, 0.25) is 5.91 Å². The number of amides is 1. The Labute approximate surface area is 85.6 Å². The minimum atomic E-state index is 0.0271. The maximum Gasteiger partial charge on any atom is 0.239 e. The Kier molecular flexibility index (Phi) is 4.35. The maximum absolute atomic E-state index is 11.9. The van der Waals surface area contributed by atoms with Crippen molar-refractivity contribution in [1.82, 2.24) is 10.2 Å². The van der Waals surface area contributed by atoms with Gasteiger partial charge in [0.15, 0.2) is 0 Å². The Morgan fingerprint density at radius 3 is 2.93 bits per heavy atom. The van der Waals surface area contributed by atoms with Gasteiger partial charge in [-0.05, 0) is 26.3 Å². The lowest BCUT2D eigenvalue weighted by atomic mass is 10.2. The number of carbonyl (C=O) groups excluding carboxylic acids is 1. The second-order valence-corrected chi connectivity index (χ2v) is 3.90. The van der Waals surface area contributed by atoms with Gasteiger partial charge >= 0.3 is 0 Å².